The van der Waals surface area contributed by atoms with E-state index in [0.29, 0.717) is 30.2 Å². The molecule has 1 aromatic carbocycles. The molecule has 1 amide bonds. The number of likely N-dealkylation sites (tertiary alicyclic amines) is 1. The van der Waals surface area contributed by atoms with Gasteiger partial charge in [-0.05, 0) is 44.0 Å². The molecule has 1 N–H and O–H groups in total. The monoisotopic (exact) mass is 404 g/mol. The van der Waals surface area contributed by atoms with E-state index < -0.39 is 6.04 Å². The first-order chi connectivity index (χ1) is 13.9. The lowest BCUT2D eigenvalue weighted by atomic mass is 9.99. The molecule has 0 bridgehead atoms. The molecule has 0 spiro atoms. The summed E-state index contributed by atoms with van der Waals surface area (Å²) in [6.07, 6.45) is 1.16. The van der Waals surface area contributed by atoms with Gasteiger partial charge >= 0.3 is 5.97 Å². The molecule has 8 nitrogen and oxygen atoms in total. The maximum absolute atomic E-state index is 13.2. The number of aromatic nitrogens is 2. The standard InChI is InChI=1S/C20H25FN4O4/c1-13-10-18(25(23-13)15-6-4-14(21)5-7-15)22-19(26)12-24-9-8-16(28-2)11-17(24)20(27)29-3/h4-7,10,16-17H,8-9,11-12H2,1-3H3,(H,22,26). The maximum Gasteiger partial charge on any atom is 0.323 e. The Kier molecular flexibility index (Phi) is 6.60. The molecule has 9 heteroatoms. The summed E-state index contributed by atoms with van der Waals surface area (Å²) < 4.78 is 25.0. The van der Waals surface area contributed by atoms with Gasteiger partial charge in [-0.3, -0.25) is 14.5 Å². The second-order valence-corrected chi connectivity index (χ2v) is 7.00. The summed E-state index contributed by atoms with van der Waals surface area (Å²) in [6, 6.07) is 7.03. The number of nitrogens with one attached hydrogen (secondary N) is 1. The Morgan fingerprint density at radius 3 is 2.66 bits per heavy atom. The van der Waals surface area contributed by atoms with Gasteiger partial charge in [-0.2, -0.15) is 5.10 Å². The Labute approximate surface area is 168 Å². The number of hydrogen-bond acceptors (Lipinski definition) is 6. The van der Waals surface area contributed by atoms with E-state index in [2.05, 4.69) is 10.4 Å². The highest BCUT2D eigenvalue weighted by atomic mass is 19.1. The number of anilines is 1. The fourth-order valence-corrected chi connectivity index (χ4v) is 3.50. The van der Waals surface area contributed by atoms with Gasteiger partial charge in [0, 0.05) is 19.7 Å². The third kappa shape index (κ3) is 4.99. The number of carbonyl (C=O) groups excluding carboxylic acids is 2. The molecule has 3 rings (SSSR count). The van der Waals surface area contributed by atoms with E-state index >= 15 is 0 Å². The fourth-order valence-electron chi connectivity index (χ4n) is 3.50. The predicted molar refractivity (Wildman–Crippen MR) is 104 cm³/mol. The van der Waals surface area contributed by atoms with Crippen molar-refractivity contribution in [3.63, 3.8) is 0 Å². The summed E-state index contributed by atoms with van der Waals surface area (Å²) in [6.45, 7) is 2.38. The number of benzene rings is 1. The lowest BCUT2D eigenvalue weighted by Gasteiger charge is -2.36. The molecule has 29 heavy (non-hydrogen) atoms. The highest BCUT2D eigenvalue weighted by Crippen LogP contribution is 2.22. The Morgan fingerprint density at radius 2 is 2.00 bits per heavy atom. The third-order valence-corrected chi connectivity index (χ3v) is 4.99. The molecule has 0 aliphatic carbocycles. The van der Waals surface area contributed by atoms with Crippen LogP contribution in [0.1, 0.15) is 18.5 Å². The second-order valence-electron chi connectivity index (χ2n) is 7.00. The zero-order valence-electron chi connectivity index (χ0n) is 16.7. The van der Waals surface area contributed by atoms with Crippen LogP contribution in [-0.2, 0) is 19.1 Å². The first-order valence-corrected chi connectivity index (χ1v) is 9.38. The van der Waals surface area contributed by atoms with Crippen molar-refractivity contribution in [2.75, 3.05) is 32.6 Å². The van der Waals surface area contributed by atoms with Gasteiger partial charge in [0.2, 0.25) is 5.91 Å². The van der Waals surface area contributed by atoms with Gasteiger partial charge in [-0.25, -0.2) is 9.07 Å². The zero-order chi connectivity index (χ0) is 21.0. The molecule has 1 aliphatic heterocycles. The summed E-state index contributed by atoms with van der Waals surface area (Å²) >= 11 is 0. The normalized spacial score (nSPS) is 19.7. The van der Waals surface area contributed by atoms with Gasteiger partial charge in [0.15, 0.2) is 0 Å². The Balaban J connectivity index is 1.72. The van der Waals surface area contributed by atoms with Gasteiger partial charge < -0.3 is 14.8 Å². The molecular weight excluding hydrogens is 379 g/mol. The van der Waals surface area contributed by atoms with Crippen LogP contribution in [0.2, 0.25) is 0 Å². The Morgan fingerprint density at radius 1 is 1.28 bits per heavy atom. The molecule has 1 saturated heterocycles. The van der Waals surface area contributed by atoms with Crippen molar-refractivity contribution in [2.45, 2.75) is 31.9 Å². The van der Waals surface area contributed by atoms with Crippen LogP contribution in [0.3, 0.4) is 0 Å². The number of esters is 1. The molecule has 2 unspecified atom stereocenters. The van der Waals surface area contributed by atoms with E-state index in [0.717, 1.165) is 6.42 Å². The van der Waals surface area contributed by atoms with E-state index in [9.17, 15) is 14.0 Å². The summed E-state index contributed by atoms with van der Waals surface area (Å²) in [5, 5.41) is 7.20. The van der Waals surface area contributed by atoms with E-state index in [1.807, 2.05) is 0 Å². The summed E-state index contributed by atoms with van der Waals surface area (Å²) in [5.41, 5.74) is 1.33. The number of amides is 1. The summed E-state index contributed by atoms with van der Waals surface area (Å²) in [5.74, 6) is -0.540. The highest BCUT2D eigenvalue weighted by Gasteiger charge is 2.35. The first-order valence-electron chi connectivity index (χ1n) is 9.38. The first kappa shape index (κ1) is 20.9. The van der Waals surface area contributed by atoms with Crippen LogP contribution in [0.5, 0.6) is 0 Å². The van der Waals surface area contributed by atoms with Crippen molar-refractivity contribution in [3.8, 4) is 5.69 Å². The van der Waals surface area contributed by atoms with Gasteiger partial charge in [0.1, 0.15) is 17.7 Å². The minimum Gasteiger partial charge on any atom is -0.468 e. The number of piperidine rings is 1. The number of hydrogen-bond donors (Lipinski definition) is 1. The number of methoxy groups -OCH3 is 2. The van der Waals surface area contributed by atoms with Gasteiger partial charge in [-0.15, -0.1) is 0 Å². The van der Waals surface area contributed by atoms with Crippen LogP contribution in [0.25, 0.3) is 5.69 Å². The van der Waals surface area contributed by atoms with E-state index in [1.54, 1.807) is 41.8 Å². The predicted octanol–water partition coefficient (Wildman–Crippen LogP) is 1.91. The van der Waals surface area contributed by atoms with Crippen molar-refractivity contribution in [1.82, 2.24) is 14.7 Å². The summed E-state index contributed by atoms with van der Waals surface area (Å²) in [7, 11) is 2.95. The smallest absolute Gasteiger partial charge is 0.323 e. The van der Waals surface area contributed by atoms with Crippen molar-refractivity contribution < 1.29 is 23.5 Å². The molecule has 1 fully saturated rings. The van der Waals surface area contributed by atoms with E-state index in [1.165, 1.54) is 19.2 Å². The van der Waals surface area contributed by atoms with Crippen LogP contribution in [-0.4, -0.2) is 66.0 Å². The van der Waals surface area contributed by atoms with Crippen LogP contribution >= 0.6 is 0 Å². The average molecular weight is 404 g/mol. The second kappa shape index (κ2) is 9.15. The fraction of sp³-hybridized carbons (Fsp3) is 0.450. The van der Waals surface area contributed by atoms with E-state index in [-0.39, 0.29) is 30.3 Å². The van der Waals surface area contributed by atoms with Crippen LogP contribution in [0.15, 0.2) is 30.3 Å². The molecule has 1 aromatic heterocycles. The molecule has 2 heterocycles. The van der Waals surface area contributed by atoms with Gasteiger partial charge in [-0.1, -0.05) is 0 Å². The van der Waals surface area contributed by atoms with Crippen molar-refractivity contribution in [1.29, 1.82) is 0 Å². The largest absolute Gasteiger partial charge is 0.468 e. The number of nitrogens with zero attached hydrogens (tertiary/aromatic N) is 3. The molecule has 0 radical (unpaired) electrons. The van der Waals surface area contributed by atoms with Crippen LogP contribution in [0.4, 0.5) is 10.2 Å². The van der Waals surface area contributed by atoms with Crippen molar-refractivity contribution >= 4 is 17.7 Å². The Hall–Kier alpha value is -2.78. The number of halogens is 1. The van der Waals surface area contributed by atoms with Crippen molar-refractivity contribution in [2.24, 2.45) is 0 Å². The number of carbonyl (C=O) groups is 2. The molecule has 2 aromatic rings. The minimum atomic E-state index is -0.534. The van der Waals surface area contributed by atoms with Crippen LogP contribution < -0.4 is 5.32 Å². The topological polar surface area (TPSA) is 85.7 Å². The zero-order valence-corrected chi connectivity index (χ0v) is 16.7. The lowest BCUT2D eigenvalue weighted by Crippen LogP contribution is -2.51. The van der Waals surface area contributed by atoms with Gasteiger partial charge in [0.05, 0.1) is 31.1 Å². The van der Waals surface area contributed by atoms with Gasteiger partial charge in [0.25, 0.3) is 0 Å². The third-order valence-electron chi connectivity index (χ3n) is 4.99. The summed E-state index contributed by atoms with van der Waals surface area (Å²) in [4.78, 5) is 26.6. The number of ether oxygens (including phenoxy) is 2. The van der Waals surface area contributed by atoms with Crippen LogP contribution in [0, 0.1) is 12.7 Å². The maximum atomic E-state index is 13.2. The number of aryl methyl sites for hydroxylation is 1. The van der Waals surface area contributed by atoms with E-state index in [4.69, 9.17) is 9.47 Å². The number of rotatable bonds is 6. The quantitative estimate of drug-likeness (QED) is 0.741. The Bertz CT molecular complexity index is 868. The molecule has 2 atom stereocenters. The molecular formula is C20H25FN4O4. The van der Waals surface area contributed by atoms with Crippen molar-refractivity contribution in [3.05, 3.63) is 41.8 Å². The average Bonchev–Trinajstić information content (AvgIpc) is 3.08. The minimum absolute atomic E-state index is 0.0316. The molecule has 156 valence electrons. The SMILES string of the molecule is COC(=O)C1CC(OC)CCN1CC(=O)Nc1cc(C)nn1-c1ccc(F)cc1. The lowest BCUT2D eigenvalue weighted by molar-refractivity contribution is -0.151. The molecule has 1 aliphatic rings. The molecule has 0 saturated carbocycles. The highest BCUT2D eigenvalue weighted by molar-refractivity contribution is 5.92.